The van der Waals surface area contributed by atoms with Gasteiger partial charge in [0.15, 0.2) is 0 Å². The van der Waals surface area contributed by atoms with E-state index in [0.717, 1.165) is 0 Å². The van der Waals surface area contributed by atoms with E-state index in [1.165, 1.54) is 7.11 Å². The van der Waals surface area contributed by atoms with E-state index in [0.29, 0.717) is 38.0 Å². The molecule has 21 heavy (non-hydrogen) atoms. The van der Waals surface area contributed by atoms with Crippen molar-refractivity contribution < 1.29 is 19.0 Å². The van der Waals surface area contributed by atoms with E-state index in [4.69, 9.17) is 14.2 Å². The predicted octanol–water partition coefficient (Wildman–Crippen LogP) is -0.555. The average Bonchev–Trinajstić information content (AvgIpc) is 2.75. The van der Waals surface area contributed by atoms with Crippen LogP contribution >= 0.6 is 0 Å². The van der Waals surface area contributed by atoms with Gasteiger partial charge in [0.05, 0.1) is 39.4 Å². The molecule has 0 unspecified atom stereocenters. The number of amides is 1. The van der Waals surface area contributed by atoms with Crippen molar-refractivity contribution in [3.05, 3.63) is 6.07 Å². The zero-order valence-corrected chi connectivity index (χ0v) is 12.0. The molecule has 2 fully saturated rings. The van der Waals surface area contributed by atoms with Gasteiger partial charge in [0, 0.05) is 19.2 Å². The Balaban J connectivity index is 1.91. The second-order valence-corrected chi connectivity index (χ2v) is 5.10. The van der Waals surface area contributed by atoms with Crippen LogP contribution in [0.4, 0.5) is 5.82 Å². The lowest BCUT2D eigenvalue weighted by Crippen LogP contribution is -2.42. The Morgan fingerprint density at radius 2 is 2.14 bits per heavy atom. The van der Waals surface area contributed by atoms with Crippen molar-refractivity contribution in [3.63, 3.8) is 0 Å². The van der Waals surface area contributed by atoms with E-state index in [1.807, 2.05) is 4.90 Å². The molecular formula is C13H18N4O4. The van der Waals surface area contributed by atoms with Crippen molar-refractivity contribution in [2.24, 2.45) is 5.92 Å². The molecule has 3 heterocycles. The van der Waals surface area contributed by atoms with E-state index in [2.05, 4.69) is 15.3 Å². The molecular weight excluding hydrogens is 276 g/mol. The fourth-order valence-electron chi connectivity index (χ4n) is 2.57. The van der Waals surface area contributed by atoms with E-state index in [1.54, 1.807) is 13.2 Å². The first-order valence-corrected chi connectivity index (χ1v) is 6.79. The SMILES string of the molecule is COc1cc(N2C[C@H]3COC[C@@H](C2)C(=O)N3)nc(OC)n1. The Morgan fingerprint density at radius 3 is 2.90 bits per heavy atom. The number of hydrogen-bond donors (Lipinski definition) is 1. The number of rotatable bonds is 3. The van der Waals surface area contributed by atoms with E-state index in [-0.39, 0.29) is 23.9 Å². The van der Waals surface area contributed by atoms with Gasteiger partial charge in [0.2, 0.25) is 11.8 Å². The normalized spacial score (nSPS) is 25.0. The second-order valence-electron chi connectivity index (χ2n) is 5.10. The third-order valence-electron chi connectivity index (χ3n) is 3.62. The van der Waals surface area contributed by atoms with Crippen molar-refractivity contribution in [3.8, 4) is 11.9 Å². The zero-order chi connectivity index (χ0) is 14.8. The van der Waals surface area contributed by atoms with Crippen LogP contribution in [0.15, 0.2) is 6.07 Å². The summed E-state index contributed by atoms with van der Waals surface area (Å²) in [5.41, 5.74) is 0. The molecule has 2 aliphatic rings. The van der Waals surface area contributed by atoms with Gasteiger partial charge in [-0.15, -0.1) is 0 Å². The lowest BCUT2D eigenvalue weighted by atomic mass is 10.1. The molecule has 2 aliphatic heterocycles. The smallest absolute Gasteiger partial charge is 0.321 e. The first-order chi connectivity index (χ1) is 10.2. The fraction of sp³-hybridized carbons (Fsp3) is 0.615. The number of nitrogens with zero attached hydrogens (tertiary/aromatic N) is 3. The molecule has 1 amide bonds. The van der Waals surface area contributed by atoms with E-state index >= 15 is 0 Å². The molecule has 0 aliphatic carbocycles. The van der Waals surface area contributed by atoms with Gasteiger partial charge in [-0.05, 0) is 0 Å². The summed E-state index contributed by atoms with van der Waals surface area (Å²) in [4.78, 5) is 22.5. The summed E-state index contributed by atoms with van der Waals surface area (Å²) in [5.74, 6) is 0.950. The summed E-state index contributed by atoms with van der Waals surface area (Å²) in [7, 11) is 3.05. The summed E-state index contributed by atoms with van der Waals surface area (Å²) in [6.45, 7) is 2.12. The largest absolute Gasteiger partial charge is 0.481 e. The molecule has 8 nitrogen and oxygen atoms in total. The minimum Gasteiger partial charge on any atom is -0.481 e. The highest BCUT2D eigenvalue weighted by molar-refractivity contribution is 5.80. The number of fused-ring (bicyclic) bond motifs is 3. The Kier molecular flexibility index (Phi) is 3.78. The third-order valence-corrected chi connectivity index (χ3v) is 3.62. The highest BCUT2D eigenvalue weighted by Crippen LogP contribution is 2.24. The van der Waals surface area contributed by atoms with Gasteiger partial charge >= 0.3 is 6.01 Å². The number of carbonyl (C=O) groups is 1. The maximum Gasteiger partial charge on any atom is 0.321 e. The van der Waals surface area contributed by atoms with Crippen LogP contribution < -0.4 is 19.7 Å². The number of nitrogens with one attached hydrogen (secondary N) is 1. The zero-order valence-electron chi connectivity index (χ0n) is 12.0. The van der Waals surface area contributed by atoms with Gasteiger partial charge in [-0.2, -0.15) is 9.97 Å². The molecule has 1 aromatic heterocycles. The quantitative estimate of drug-likeness (QED) is 0.800. The van der Waals surface area contributed by atoms with Gasteiger partial charge in [-0.3, -0.25) is 4.79 Å². The monoisotopic (exact) mass is 294 g/mol. The molecule has 2 bridgehead atoms. The molecule has 0 radical (unpaired) electrons. The van der Waals surface area contributed by atoms with Crippen LogP contribution in [0.25, 0.3) is 0 Å². The predicted molar refractivity (Wildman–Crippen MR) is 73.6 cm³/mol. The Hall–Kier alpha value is -2.09. The fourth-order valence-corrected chi connectivity index (χ4v) is 2.57. The molecule has 0 saturated carbocycles. The minimum absolute atomic E-state index is 0.0352. The van der Waals surface area contributed by atoms with E-state index < -0.39 is 0 Å². The van der Waals surface area contributed by atoms with Crippen LogP contribution in [-0.2, 0) is 9.53 Å². The van der Waals surface area contributed by atoms with Crippen molar-refractivity contribution in [2.45, 2.75) is 6.04 Å². The first kappa shape index (κ1) is 13.9. The van der Waals surface area contributed by atoms with Crippen LogP contribution in [0.3, 0.4) is 0 Å². The van der Waals surface area contributed by atoms with Gasteiger partial charge < -0.3 is 24.4 Å². The summed E-state index contributed by atoms with van der Waals surface area (Å²) in [6.07, 6.45) is 0. The molecule has 0 aromatic carbocycles. The van der Waals surface area contributed by atoms with Gasteiger partial charge in [0.25, 0.3) is 0 Å². The van der Waals surface area contributed by atoms with Gasteiger partial charge in [-0.1, -0.05) is 0 Å². The molecule has 2 saturated heterocycles. The molecule has 3 rings (SSSR count). The Bertz CT molecular complexity index is 517. The number of anilines is 1. The van der Waals surface area contributed by atoms with Crippen molar-refractivity contribution in [1.82, 2.24) is 15.3 Å². The maximum absolute atomic E-state index is 12.0. The van der Waals surface area contributed by atoms with Crippen LogP contribution in [0, 0.1) is 5.92 Å². The summed E-state index contributed by atoms with van der Waals surface area (Å²) < 4.78 is 15.8. The molecule has 1 N–H and O–H groups in total. The van der Waals surface area contributed by atoms with E-state index in [9.17, 15) is 4.79 Å². The highest BCUT2D eigenvalue weighted by Gasteiger charge is 2.34. The van der Waals surface area contributed by atoms with Crippen molar-refractivity contribution in [1.29, 1.82) is 0 Å². The molecule has 2 atom stereocenters. The van der Waals surface area contributed by atoms with Gasteiger partial charge in [0.1, 0.15) is 5.82 Å². The Labute approximate surface area is 122 Å². The molecule has 114 valence electrons. The van der Waals surface area contributed by atoms with Crippen LogP contribution in [0.2, 0.25) is 0 Å². The molecule has 0 spiro atoms. The minimum atomic E-state index is -0.204. The summed E-state index contributed by atoms with van der Waals surface area (Å²) in [6, 6.07) is 1.95. The first-order valence-electron chi connectivity index (χ1n) is 6.79. The number of ether oxygens (including phenoxy) is 3. The lowest BCUT2D eigenvalue weighted by Gasteiger charge is -2.28. The summed E-state index contributed by atoms with van der Waals surface area (Å²) in [5, 5.41) is 2.99. The average molecular weight is 294 g/mol. The molecule has 8 heteroatoms. The number of carbonyl (C=O) groups excluding carboxylic acids is 1. The maximum atomic E-state index is 12.0. The second kappa shape index (κ2) is 5.72. The van der Waals surface area contributed by atoms with Crippen LogP contribution in [0.5, 0.6) is 11.9 Å². The third kappa shape index (κ3) is 2.85. The highest BCUT2D eigenvalue weighted by atomic mass is 16.5. The number of methoxy groups -OCH3 is 2. The number of aromatic nitrogens is 2. The van der Waals surface area contributed by atoms with Crippen molar-refractivity contribution in [2.75, 3.05) is 45.4 Å². The topological polar surface area (TPSA) is 85.8 Å². The van der Waals surface area contributed by atoms with Gasteiger partial charge in [-0.25, -0.2) is 0 Å². The van der Waals surface area contributed by atoms with Crippen LogP contribution in [-0.4, -0.2) is 62.4 Å². The standard InChI is InChI=1S/C13H18N4O4/c1-19-11-3-10(15-13(16-11)20-2)17-4-8-6-21-7-9(5-17)14-12(8)18/h3,8-9H,4-7H2,1-2H3,(H,14,18)/t8-,9+/m1/s1. The molecule has 1 aromatic rings. The number of hydrogen-bond acceptors (Lipinski definition) is 7. The van der Waals surface area contributed by atoms with Crippen molar-refractivity contribution >= 4 is 11.7 Å². The Morgan fingerprint density at radius 1 is 1.29 bits per heavy atom. The van der Waals surface area contributed by atoms with Crippen LogP contribution in [0.1, 0.15) is 0 Å². The lowest BCUT2D eigenvalue weighted by molar-refractivity contribution is -0.124. The summed E-state index contributed by atoms with van der Waals surface area (Å²) >= 11 is 0.